The minimum atomic E-state index is -0.506. The van der Waals surface area contributed by atoms with Crippen LogP contribution in [-0.2, 0) is 9.53 Å². The van der Waals surface area contributed by atoms with E-state index < -0.39 is 4.92 Å². The first-order valence-corrected chi connectivity index (χ1v) is 5.96. The van der Waals surface area contributed by atoms with Crippen LogP contribution in [0.1, 0.15) is 6.92 Å². The molecular formula is C12H15N3O4. The number of hydrogen-bond donors (Lipinski definition) is 1. The van der Waals surface area contributed by atoms with Crippen LogP contribution in [0.25, 0.3) is 0 Å². The van der Waals surface area contributed by atoms with Gasteiger partial charge in [-0.1, -0.05) is 0 Å². The summed E-state index contributed by atoms with van der Waals surface area (Å²) in [6.45, 7) is 4.05. The number of ether oxygens (including phenoxy) is 1. The Hall–Kier alpha value is -2.15. The summed E-state index contributed by atoms with van der Waals surface area (Å²) in [5.74, 6) is -0.331. The summed E-state index contributed by atoms with van der Waals surface area (Å²) in [5, 5.41) is 13.4. The number of carbonyl (C=O) groups is 1. The molecule has 1 saturated heterocycles. The Morgan fingerprint density at radius 3 is 2.68 bits per heavy atom. The Morgan fingerprint density at radius 2 is 2.11 bits per heavy atom. The van der Waals surface area contributed by atoms with Crippen LogP contribution in [0.5, 0.6) is 0 Å². The van der Waals surface area contributed by atoms with Crippen LogP contribution in [-0.4, -0.2) is 37.1 Å². The molecule has 102 valence electrons. The van der Waals surface area contributed by atoms with Gasteiger partial charge in [0.2, 0.25) is 5.91 Å². The van der Waals surface area contributed by atoms with Crippen LogP contribution in [0.2, 0.25) is 0 Å². The summed E-state index contributed by atoms with van der Waals surface area (Å²) in [4.78, 5) is 23.6. The monoisotopic (exact) mass is 265 g/mol. The lowest BCUT2D eigenvalue weighted by Crippen LogP contribution is -2.36. The number of benzene rings is 1. The van der Waals surface area contributed by atoms with Gasteiger partial charge in [0, 0.05) is 31.8 Å². The van der Waals surface area contributed by atoms with Gasteiger partial charge in [0.25, 0.3) is 5.69 Å². The number of nitrogens with zero attached hydrogens (tertiary/aromatic N) is 2. The highest BCUT2D eigenvalue weighted by molar-refractivity contribution is 5.92. The SMILES string of the molecule is CC(=O)Nc1cc(N2CCOCC2)ccc1[N+](=O)[O-]. The average Bonchev–Trinajstić information content (AvgIpc) is 2.38. The van der Waals surface area contributed by atoms with Crippen LogP contribution >= 0.6 is 0 Å². The molecule has 1 aromatic rings. The molecule has 7 nitrogen and oxygen atoms in total. The largest absolute Gasteiger partial charge is 0.378 e. The Morgan fingerprint density at radius 1 is 1.42 bits per heavy atom. The third-order valence-corrected chi connectivity index (χ3v) is 2.86. The smallest absolute Gasteiger partial charge is 0.292 e. The van der Waals surface area contributed by atoms with Gasteiger partial charge in [-0.2, -0.15) is 0 Å². The second-order valence-corrected chi connectivity index (χ2v) is 4.24. The summed E-state index contributed by atoms with van der Waals surface area (Å²) < 4.78 is 5.26. The molecule has 0 unspecified atom stereocenters. The molecule has 0 saturated carbocycles. The van der Waals surface area contributed by atoms with E-state index in [1.54, 1.807) is 12.1 Å². The maximum atomic E-state index is 11.1. The minimum Gasteiger partial charge on any atom is -0.378 e. The molecular weight excluding hydrogens is 250 g/mol. The maximum absolute atomic E-state index is 11.1. The van der Waals surface area contributed by atoms with Crippen molar-refractivity contribution in [2.75, 3.05) is 36.5 Å². The number of nitrogens with one attached hydrogen (secondary N) is 1. The predicted octanol–water partition coefficient (Wildman–Crippen LogP) is 1.39. The molecule has 7 heteroatoms. The predicted molar refractivity (Wildman–Crippen MR) is 70.4 cm³/mol. The Kier molecular flexibility index (Phi) is 3.96. The van der Waals surface area contributed by atoms with Crippen molar-refractivity contribution in [1.29, 1.82) is 0 Å². The van der Waals surface area contributed by atoms with Gasteiger partial charge in [0.1, 0.15) is 5.69 Å². The molecule has 2 rings (SSSR count). The second kappa shape index (κ2) is 5.66. The Bertz CT molecular complexity index is 498. The summed E-state index contributed by atoms with van der Waals surface area (Å²) in [7, 11) is 0. The zero-order valence-electron chi connectivity index (χ0n) is 10.6. The van der Waals surface area contributed by atoms with E-state index in [0.29, 0.717) is 13.2 Å². The van der Waals surface area contributed by atoms with Crippen molar-refractivity contribution in [3.8, 4) is 0 Å². The lowest BCUT2D eigenvalue weighted by Gasteiger charge is -2.29. The summed E-state index contributed by atoms with van der Waals surface area (Å²) in [6.07, 6.45) is 0. The molecule has 1 fully saturated rings. The molecule has 1 N–H and O–H groups in total. The van der Waals surface area contributed by atoms with E-state index in [4.69, 9.17) is 4.74 Å². The van der Waals surface area contributed by atoms with E-state index in [-0.39, 0.29) is 17.3 Å². The van der Waals surface area contributed by atoms with Crippen molar-refractivity contribution in [3.05, 3.63) is 28.3 Å². The number of anilines is 2. The second-order valence-electron chi connectivity index (χ2n) is 4.24. The molecule has 0 aliphatic carbocycles. The molecule has 1 aliphatic rings. The minimum absolute atomic E-state index is 0.104. The molecule has 0 atom stereocenters. The number of nitro benzene ring substituents is 1. The maximum Gasteiger partial charge on any atom is 0.292 e. The molecule has 1 amide bonds. The Labute approximate surface area is 110 Å². The van der Waals surface area contributed by atoms with Gasteiger partial charge in [0.05, 0.1) is 18.1 Å². The highest BCUT2D eigenvalue weighted by atomic mass is 16.6. The average molecular weight is 265 g/mol. The number of amides is 1. The number of nitro groups is 1. The van der Waals surface area contributed by atoms with Crippen molar-refractivity contribution < 1.29 is 14.5 Å². The van der Waals surface area contributed by atoms with Gasteiger partial charge >= 0.3 is 0 Å². The number of rotatable bonds is 3. The van der Waals surface area contributed by atoms with Crippen molar-refractivity contribution in [3.63, 3.8) is 0 Å². The normalized spacial score (nSPS) is 15.1. The van der Waals surface area contributed by atoms with Gasteiger partial charge in [0.15, 0.2) is 0 Å². The van der Waals surface area contributed by atoms with E-state index >= 15 is 0 Å². The molecule has 0 spiro atoms. The number of morpholine rings is 1. The van der Waals surface area contributed by atoms with Gasteiger partial charge in [-0.25, -0.2) is 0 Å². The van der Waals surface area contributed by atoms with Gasteiger partial charge < -0.3 is 15.0 Å². The molecule has 0 bridgehead atoms. The first kappa shape index (κ1) is 13.3. The quantitative estimate of drug-likeness (QED) is 0.659. The summed E-state index contributed by atoms with van der Waals surface area (Å²) in [6, 6.07) is 4.73. The van der Waals surface area contributed by atoms with Crippen LogP contribution in [0.4, 0.5) is 17.1 Å². The highest BCUT2D eigenvalue weighted by Crippen LogP contribution is 2.29. The van der Waals surface area contributed by atoms with Crippen molar-refractivity contribution in [1.82, 2.24) is 0 Å². The van der Waals surface area contributed by atoms with Gasteiger partial charge in [-0.05, 0) is 12.1 Å². The standard InChI is InChI=1S/C12H15N3O4/c1-9(16)13-11-8-10(2-3-12(11)15(17)18)14-4-6-19-7-5-14/h2-3,8H,4-7H2,1H3,(H,13,16). The summed E-state index contributed by atoms with van der Waals surface area (Å²) in [5.41, 5.74) is 0.964. The van der Waals surface area contributed by atoms with Crippen LogP contribution in [0.15, 0.2) is 18.2 Å². The molecule has 1 aromatic carbocycles. The third-order valence-electron chi connectivity index (χ3n) is 2.86. The van der Waals surface area contributed by atoms with E-state index in [1.165, 1.54) is 13.0 Å². The van der Waals surface area contributed by atoms with Crippen LogP contribution in [0, 0.1) is 10.1 Å². The molecule has 19 heavy (non-hydrogen) atoms. The van der Waals surface area contributed by atoms with Crippen LogP contribution < -0.4 is 10.2 Å². The molecule has 1 heterocycles. The lowest BCUT2D eigenvalue weighted by atomic mass is 10.2. The highest BCUT2D eigenvalue weighted by Gasteiger charge is 2.18. The number of carbonyl (C=O) groups excluding carboxylic acids is 1. The van der Waals surface area contributed by atoms with E-state index in [0.717, 1.165) is 18.8 Å². The topological polar surface area (TPSA) is 84.7 Å². The first-order chi connectivity index (χ1) is 9.08. The van der Waals surface area contributed by atoms with Crippen molar-refractivity contribution in [2.24, 2.45) is 0 Å². The molecule has 1 aliphatic heterocycles. The number of hydrogen-bond acceptors (Lipinski definition) is 5. The van der Waals surface area contributed by atoms with Crippen molar-refractivity contribution >= 4 is 23.0 Å². The van der Waals surface area contributed by atoms with Gasteiger partial charge in [-0.15, -0.1) is 0 Å². The fraction of sp³-hybridized carbons (Fsp3) is 0.417. The van der Waals surface area contributed by atoms with Crippen LogP contribution in [0.3, 0.4) is 0 Å². The van der Waals surface area contributed by atoms with Crippen molar-refractivity contribution in [2.45, 2.75) is 6.92 Å². The lowest BCUT2D eigenvalue weighted by molar-refractivity contribution is -0.383. The third kappa shape index (κ3) is 3.19. The van der Waals surface area contributed by atoms with Gasteiger partial charge in [-0.3, -0.25) is 14.9 Å². The fourth-order valence-electron chi connectivity index (χ4n) is 1.99. The van der Waals surface area contributed by atoms with E-state index in [9.17, 15) is 14.9 Å². The summed E-state index contributed by atoms with van der Waals surface area (Å²) >= 11 is 0. The first-order valence-electron chi connectivity index (χ1n) is 5.96. The van der Waals surface area contributed by atoms with E-state index in [2.05, 4.69) is 10.2 Å². The Balaban J connectivity index is 2.31. The molecule has 0 radical (unpaired) electrons. The fourth-order valence-corrected chi connectivity index (χ4v) is 1.99. The molecule has 0 aromatic heterocycles. The van der Waals surface area contributed by atoms with E-state index in [1.807, 2.05) is 0 Å². The zero-order chi connectivity index (χ0) is 13.8. The zero-order valence-corrected chi connectivity index (χ0v) is 10.6.